The van der Waals surface area contributed by atoms with Gasteiger partial charge >= 0.3 is 6.03 Å². The van der Waals surface area contributed by atoms with E-state index in [4.69, 9.17) is 4.74 Å². The molecule has 4 N–H and O–H groups in total. The molecule has 3 aliphatic rings. The highest BCUT2D eigenvalue weighted by Gasteiger charge is 2.64. The Morgan fingerprint density at radius 1 is 1.31 bits per heavy atom. The number of nitrogens with one attached hydrogen (secondary N) is 2. The third kappa shape index (κ3) is 1.27. The summed E-state index contributed by atoms with van der Waals surface area (Å²) >= 11 is 0. The summed E-state index contributed by atoms with van der Waals surface area (Å²) in [5.41, 5.74) is -1.81. The Kier molecular flexibility index (Phi) is 2.12. The minimum Gasteiger partial charge on any atom is -0.387 e. The van der Waals surface area contributed by atoms with Crippen molar-refractivity contribution in [1.82, 2.24) is 10.6 Å². The second-order valence-corrected chi connectivity index (χ2v) is 7.17. The topological polar surface area (TPSA) is 108 Å². The molecule has 1 spiro atoms. The summed E-state index contributed by atoms with van der Waals surface area (Å²) in [5, 5.41) is 23.9. The van der Waals surface area contributed by atoms with E-state index in [1.54, 1.807) is 0 Å². The molecular weight excluding hydrogens is 254 g/mol. The van der Waals surface area contributed by atoms with Gasteiger partial charge < -0.3 is 14.9 Å². The zero-order valence-corrected chi connectivity index (χ0v) is 9.61. The van der Waals surface area contributed by atoms with Crippen LogP contribution in [0.3, 0.4) is 0 Å². The number of amides is 3. The van der Waals surface area contributed by atoms with Crippen molar-refractivity contribution < 1.29 is 24.5 Å². The Hall–Kier alpha value is -0.580. The Morgan fingerprint density at radius 3 is 2.50 bits per heavy atom. The maximum atomic E-state index is 11.6. The molecule has 4 atom stereocenters. The molecule has 0 aliphatic carbocycles. The lowest BCUT2D eigenvalue weighted by molar-refractivity contribution is -0.151. The standard InChI is InChI=1S/C7H8N2O5P2/c10-1-2(4-15-16-4)14-7(3(1)11)5(12)8-6(13)9-7/h1-4,10-11H,(H2,8,9,12,13)/t1-,2+,3-,7+/m1/s1. The van der Waals surface area contributed by atoms with Crippen LogP contribution in [0.15, 0.2) is 0 Å². The van der Waals surface area contributed by atoms with Crippen molar-refractivity contribution in [2.45, 2.75) is 29.4 Å². The van der Waals surface area contributed by atoms with E-state index in [1.165, 1.54) is 0 Å². The van der Waals surface area contributed by atoms with E-state index in [1.807, 2.05) is 5.32 Å². The third-order valence-electron chi connectivity index (χ3n) is 2.80. The number of hydrogen-bond donors (Lipinski definition) is 4. The van der Waals surface area contributed by atoms with Crippen molar-refractivity contribution in [3.8, 4) is 0 Å². The van der Waals surface area contributed by atoms with Crippen LogP contribution in [0.5, 0.6) is 0 Å². The normalized spacial score (nSPS) is 51.6. The van der Waals surface area contributed by atoms with Crippen molar-refractivity contribution >= 4 is 27.7 Å². The molecular formula is C7H8N2O5P2. The summed E-state index contributed by atoms with van der Waals surface area (Å²) in [5.74, 6) is -0.750. The maximum Gasteiger partial charge on any atom is 0.324 e. The molecule has 3 amide bonds. The Labute approximate surface area is 93.0 Å². The predicted molar refractivity (Wildman–Crippen MR) is 53.9 cm³/mol. The first kappa shape index (κ1) is 10.6. The number of hydrogen-bond acceptors (Lipinski definition) is 5. The van der Waals surface area contributed by atoms with Crippen LogP contribution in [-0.4, -0.2) is 51.6 Å². The Bertz CT molecular complexity index is 410. The zero-order valence-electron chi connectivity index (χ0n) is 7.82. The lowest BCUT2D eigenvalue weighted by Crippen LogP contribution is -2.56. The van der Waals surface area contributed by atoms with Crippen molar-refractivity contribution in [2.24, 2.45) is 0 Å². The highest BCUT2D eigenvalue weighted by molar-refractivity contribution is 8.02. The summed E-state index contributed by atoms with van der Waals surface area (Å²) in [6, 6.07) is -0.720. The molecule has 0 unspecified atom stereocenters. The van der Waals surface area contributed by atoms with E-state index in [-0.39, 0.29) is 5.40 Å². The fraction of sp³-hybridized carbons (Fsp3) is 0.714. The molecule has 0 radical (unpaired) electrons. The van der Waals surface area contributed by atoms with E-state index in [0.29, 0.717) is 0 Å². The first-order chi connectivity index (χ1) is 7.54. The Balaban J connectivity index is 1.91. The number of ether oxygens (including phenoxy) is 1. The first-order valence-corrected chi connectivity index (χ1v) is 7.25. The third-order valence-corrected chi connectivity index (χ3v) is 5.38. The van der Waals surface area contributed by atoms with Gasteiger partial charge in [0.1, 0.15) is 18.3 Å². The number of aliphatic hydroxyl groups excluding tert-OH is 2. The minimum atomic E-state index is -1.81. The molecule has 0 saturated carbocycles. The smallest absolute Gasteiger partial charge is 0.324 e. The van der Waals surface area contributed by atoms with Crippen LogP contribution in [0.25, 0.3) is 0 Å². The lowest BCUT2D eigenvalue weighted by atomic mass is 10.0. The zero-order chi connectivity index (χ0) is 11.5. The largest absolute Gasteiger partial charge is 0.387 e. The second-order valence-electron chi connectivity index (χ2n) is 3.81. The number of rotatable bonds is 1. The second kappa shape index (κ2) is 3.22. The molecule has 2 saturated heterocycles. The summed E-state index contributed by atoms with van der Waals surface area (Å²) in [6.45, 7) is 0. The van der Waals surface area contributed by atoms with Crippen molar-refractivity contribution in [1.29, 1.82) is 0 Å². The highest BCUT2D eigenvalue weighted by Crippen LogP contribution is 2.54. The maximum absolute atomic E-state index is 11.6. The van der Waals surface area contributed by atoms with Gasteiger partial charge in [-0.2, -0.15) is 0 Å². The number of carbonyl (C=O) groups excluding carboxylic acids is 2. The fourth-order valence-corrected chi connectivity index (χ4v) is 3.76. The van der Waals surface area contributed by atoms with Crippen LogP contribution in [0.4, 0.5) is 4.79 Å². The number of aliphatic hydroxyl groups is 2. The molecule has 86 valence electrons. The first-order valence-electron chi connectivity index (χ1n) is 4.62. The van der Waals surface area contributed by atoms with E-state index < -0.39 is 36.0 Å². The SMILES string of the molecule is O=C1NC(=O)[C@@]2(N1)O[C@H](C1P=P1)[C@@H](O)[C@H]2O. The van der Waals surface area contributed by atoms with Gasteiger partial charge in [0.25, 0.3) is 11.6 Å². The molecule has 3 heterocycles. The average Bonchev–Trinajstić information content (AvgIpc) is 2.97. The summed E-state index contributed by atoms with van der Waals surface area (Å²) in [7, 11) is 2.20. The molecule has 0 aromatic rings. The number of urea groups is 1. The van der Waals surface area contributed by atoms with Crippen LogP contribution < -0.4 is 10.6 Å². The van der Waals surface area contributed by atoms with Crippen molar-refractivity contribution in [3.05, 3.63) is 0 Å². The van der Waals surface area contributed by atoms with Crippen molar-refractivity contribution in [3.63, 3.8) is 0 Å². The lowest BCUT2D eigenvalue weighted by Gasteiger charge is -2.22. The van der Waals surface area contributed by atoms with E-state index in [9.17, 15) is 19.8 Å². The van der Waals surface area contributed by atoms with Gasteiger partial charge in [-0.15, -0.1) is 0 Å². The van der Waals surface area contributed by atoms with Gasteiger partial charge in [-0.1, -0.05) is 15.7 Å². The quantitative estimate of drug-likeness (QED) is 0.350. The molecule has 16 heavy (non-hydrogen) atoms. The molecule has 3 aliphatic heterocycles. The molecule has 3 rings (SSSR count). The molecule has 2 fully saturated rings. The van der Waals surface area contributed by atoms with Gasteiger partial charge in [0.2, 0.25) is 0 Å². The average molecular weight is 262 g/mol. The van der Waals surface area contributed by atoms with Crippen molar-refractivity contribution in [2.75, 3.05) is 0 Å². The molecule has 0 aromatic heterocycles. The molecule has 7 nitrogen and oxygen atoms in total. The van der Waals surface area contributed by atoms with E-state index >= 15 is 0 Å². The fourth-order valence-electron chi connectivity index (χ4n) is 1.93. The van der Waals surface area contributed by atoms with E-state index in [2.05, 4.69) is 5.32 Å². The van der Waals surface area contributed by atoms with Crippen LogP contribution in [0.2, 0.25) is 0 Å². The van der Waals surface area contributed by atoms with Gasteiger partial charge in [-0.3, -0.25) is 15.4 Å². The van der Waals surface area contributed by atoms with Crippen LogP contribution in [0, 0.1) is 0 Å². The van der Waals surface area contributed by atoms with Gasteiger partial charge in [0, 0.05) is 0 Å². The number of imide groups is 1. The number of carbonyl (C=O) groups is 2. The molecule has 0 bridgehead atoms. The van der Waals surface area contributed by atoms with E-state index in [0.717, 1.165) is 15.7 Å². The summed E-state index contributed by atoms with van der Waals surface area (Å²) in [4.78, 5) is 22.6. The summed E-state index contributed by atoms with van der Waals surface area (Å²) < 4.78 is 5.38. The molecule has 9 heteroatoms. The van der Waals surface area contributed by atoms with Crippen LogP contribution in [0.1, 0.15) is 0 Å². The Morgan fingerprint density at radius 2 is 2.00 bits per heavy atom. The van der Waals surface area contributed by atoms with Gasteiger partial charge in [-0.25, -0.2) is 4.79 Å². The predicted octanol–water partition coefficient (Wildman–Crippen LogP) is -1.21. The monoisotopic (exact) mass is 262 g/mol. The van der Waals surface area contributed by atoms with Crippen LogP contribution in [-0.2, 0) is 9.53 Å². The van der Waals surface area contributed by atoms with Gasteiger partial charge in [0.05, 0.1) is 5.40 Å². The van der Waals surface area contributed by atoms with Gasteiger partial charge in [-0.05, 0) is 0 Å². The summed E-state index contributed by atoms with van der Waals surface area (Å²) in [6.07, 6.45) is -3.20. The van der Waals surface area contributed by atoms with Gasteiger partial charge in [0.15, 0.2) is 0 Å². The molecule has 0 aromatic carbocycles. The minimum absolute atomic E-state index is 0.106. The van der Waals surface area contributed by atoms with Crippen LogP contribution >= 0.6 is 15.7 Å². The highest BCUT2D eigenvalue weighted by atomic mass is 31.8.